The molecule has 0 unspecified atom stereocenters. The minimum Gasteiger partial charge on any atom is -0.505 e. The van der Waals surface area contributed by atoms with Gasteiger partial charge >= 0.3 is 0 Å². The Morgan fingerprint density at radius 1 is 1.10 bits per heavy atom. The van der Waals surface area contributed by atoms with Crippen LogP contribution in [0.25, 0.3) is 0 Å². The highest BCUT2D eigenvalue weighted by Gasteiger charge is 2.29. The molecule has 0 saturated carbocycles. The van der Waals surface area contributed by atoms with E-state index >= 15 is 0 Å². The number of nitrogen functional groups attached to an aromatic ring is 1. The second-order valence-corrected chi connectivity index (χ2v) is 9.62. The summed E-state index contributed by atoms with van der Waals surface area (Å²) in [5.74, 6) is -0.194. The van der Waals surface area contributed by atoms with Crippen molar-refractivity contribution in [3.05, 3.63) is 53.6 Å². The average Bonchev–Trinajstić information content (AvgIpc) is 2.67. The van der Waals surface area contributed by atoms with E-state index in [2.05, 4.69) is 0 Å². The van der Waals surface area contributed by atoms with E-state index in [1.165, 1.54) is 35.5 Å². The number of phenols is 1. The number of aromatic hydroxyl groups is 1. The highest BCUT2D eigenvalue weighted by molar-refractivity contribution is 7.89. The Kier molecular flexibility index (Phi) is 7.43. The number of anilines is 1. The van der Waals surface area contributed by atoms with Crippen LogP contribution in [0.15, 0.2) is 47.4 Å². The van der Waals surface area contributed by atoms with E-state index in [0.29, 0.717) is 24.1 Å². The Labute approximate surface area is 173 Å². The van der Waals surface area contributed by atoms with Crippen LogP contribution >= 0.6 is 0 Å². The third kappa shape index (κ3) is 5.36. The first-order valence-corrected chi connectivity index (χ1v) is 11.2. The molecule has 0 bridgehead atoms. The summed E-state index contributed by atoms with van der Waals surface area (Å²) in [6.45, 7) is 7.88. The van der Waals surface area contributed by atoms with Crippen molar-refractivity contribution in [3.8, 4) is 5.75 Å². The van der Waals surface area contributed by atoms with Gasteiger partial charge in [-0.25, -0.2) is 8.42 Å². The maximum atomic E-state index is 13.3. The fourth-order valence-electron chi connectivity index (χ4n) is 3.29. The van der Waals surface area contributed by atoms with Gasteiger partial charge in [0.05, 0.1) is 10.6 Å². The minimum atomic E-state index is -3.77. The summed E-state index contributed by atoms with van der Waals surface area (Å²) in [4.78, 5) is 11.6. The van der Waals surface area contributed by atoms with E-state index in [4.69, 9.17) is 5.73 Å². The van der Waals surface area contributed by atoms with Crippen LogP contribution in [0, 0.1) is 5.92 Å². The van der Waals surface area contributed by atoms with E-state index < -0.39 is 10.0 Å². The number of carbonyl (C=O) groups is 1. The van der Waals surface area contributed by atoms with Crippen molar-refractivity contribution in [2.45, 2.75) is 44.9 Å². The maximum Gasteiger partial charge on any atom is 0.243 e. The number of Topliss-reactive ketones (excluding diaryl/α,β-unsaturated/α-hetero) is 1. The van der Waals surface area contributed by atoms with Crippen molar-refractivity contribution in [2.24, 2.45) is 5.92 Å². The topological polar surface area (TPSA) is 101 Å². The van der Waals surface area contributed by atoms with Crippen LogP contribution in [0.1, 0.15) is 56.0 Å². The van der Waals surface area contributed by atoms with E-state index in [9.17, 15) is 18.3 Å². The summed E-state index contributed by atoms with van der Waals surface area (Å²) in [5, 5.41) is 10.4. The van der Waals surface area contributed by atoms with Gasteiger partial charge in [0.25, 0.3) is 0 Å². The molecule has 3 N–H and O–H groups in total. The van der Waals surface area contributed by atoms with Gasteiger partial charge in [0.1, 0.15) is 5.75 Å². The van der Waals surface area contributed by atoms with Crippen molar-refractivity contribution in [1.82, 2.24) is 4.31 Å². The molecule has 6 nitrogen and oxygen atoms in total. The van der Waals surface area contributed by atoms with Crippen LogP contribution in [0.4, 0.5) is 5.69 Å². The van der Waals surface area contributed by atoms with Gasteiger partial charge < -0.3 is 10.8 Å². The number of nitrogens with zero attached hydrogens (tertiary/aromatic N) is 1. The molecule has 2 aromatic carbocycles. The van der Waals surface area contributed by atoms with Gasteiger partial charge in [-0.1, -0.05) is 45.0 Å². The van der Waals surface area contributed by atoms with Gasteiger partial charge in [0.15, 0.2) is 5.78 Å². The Morgan fingerprint density at radius 2 is 1.72 bits per heavy atom. The number of benzene rings is 2. The lowest BCUT2D eigenvalue weighted by Crippen LogP contribution is -2.37. The maximum absolute atomic E-state index is 13.3. The average molecular weight is 419 g/mol. The molecule has 2 aromatic rings. The first-order chi connectivity index (χ1) is 13.6. The molecule has 0 aliphatic carbocycles. The van der Waals surface area contributed by atoms with Crippen LogP contribution in [0.5, 0.6) is 5.75 Å². The summed E-state index contributed by atoms with van der Waals surface area (Å²) in [7, 11) is -3.77. The predicted molar refractivity (Wildman–Crippen MR) is 116 cm³/mol. The third-order valence-electron chi connectivity index (χ3n) is 4.92. The molecule has 0 radical (unpaired) electrons. The van der Waals surface area contributed by atoms with Crippen LogP contribution in [0.2, 0.25) is 0 Å². The van der Waals surface area contributed by atoms with E-state index in [-0.39, 0.29) is 40.5 Å². The normalized spacial score (nSPS) is 13.0. The Hall–Kier alpha value is -2.38. The quantitative estimate of drug-likeness (QED) is 0.364. The Morgan fingerprint density at radius 3 is 2.24 bits per heavy atom. The van der Waals surface area contributed by atoms with Crippen LogP contribution < -0.4 is 5.73 Å². The van der Waals surface area contributed by atoms with Crippen molar-refractivity contribution >= 4 is 21.5 Å². The number of nitrogens with two attached hydrogens (primary N) is 1. The monoisotopic (exact) mass is 418 g/mol. The number of rotatable bonds is 9. The fourth-order valence-corrected chi connectivity index (χ4v) is 4.94. The second-order valence-electron chi connectivity index (χ2n) is 7.69. The smallest absolute Gasteiger partial charge is 0.243 e. The van der Waals surface area contributed by atoms with Crippen molar-refractivity contribution in [3.63, 3.8) is 0 Å². The van der Waals surface area contributed by atoms with Gasteiger partial charge in [-0.05, 0) is 37.5 Å². The van der Waals surface area contributed by atoms with Gasteiger partial charge in [-0.3, -0.25) is 4.79 Å². The third-order valence-corrected chi connectivity index (χ3v) is 6.77. The predicted octanol–water partition coefficient (Wildman–Crippen LogP) is 4.02. The van der Waals surface area contributed by atoms with Crippen molar-refractivity contribution < 1.29 is 18.3 Å². The molecule has 0 aromatic heterocycles. The molecule has 2 rings (SSSR count). The number of para-hydroxylation sites is 1. The first kappa shape index (κ1) is 22.9. The zero-order valence-electron chi connectivity index (χ0n) is 17.4. The summed E-state index contributed by atoms with van der Waals surface area (Å²) in [6.07, 6.45) is 0.643. The Bertz CT molecular complexity index is 953. The molecule has 0 spiro atoms. The number of carbonyl (C=O) groups excluding carboxylic acids is 1. The largest absolute Gasteiger partial charge is 0.505 e. The molecule has 0 heterocycles. The van der Waals surface area contributed by atoms with E-state index in [1.54, 1.807) is 18.2 Å². The molecule has 0 saturated heterocycles. The molecule has 0 aliphatic heterocycles. The molecule has 1 atom stereocenters. The summed E-state index contributed by atoms with van der Waals surface area (Å²) in [6, 6.07) is 11.2. The minimum absolute atomic E-state index is 0.00653. The summed E-state index contributed by atoms with van der Waals surface area (Å²) < 4.78 is 28.1. The molecular weight excluding hydrogens is 388 g/mol. The van der Waals surface area contributed by atoms with Crippen molar-refractivity contribution in [1.29, 1.82) is 0 Å². The SMILES string of the molecule is CC[C@@H](CN(CC(C)C)S(=O)(=O)c1ccc(C(C)=O)cc1)c1cccc(N)c1O. The zero-order valence-corrected chi connectivity index (χ0v) is 18.2. The van der Waals surface area contributed by atoms with Crippen LogP contribution in [-0.4, -0.2) is 36.7 Å². The summed E-state index contributed by atoms with van der Waals surface area (Å²) >= 11 is 0. The Balaban J connectivity index is 2.41. The zero-order chi connectivity index (χ0) is 21.8. The van der Waals surface area contributed by atoms with Gasteiger partial charge in [-0.2, -0.15) is 4.31 Å². The molecule has 29 heavy (non-hydrogen) atoms. The molecule has 0 amide bonds. The molecule has 158 valence electrons. The number of hydrogen-bond acceptors (Lipinski definition) is 5. The molecular formula is C22H30N2O4S. The number of phenolic OH excluding ortho intramolecular Hbond substituents is 1. The van der Waals surface area contributed by atoms with Crippen molar-refractivity contribution in [2.75, 3.05) is 18.8 Å². The lowest BCUT2D eigenvalue weighted by Gasteiger charge is -2.28. The van der Waals surface area contributed by atoms with E-state index in [0.717, 1.165) is 0 Å². The van der Waals surface area contributed by atoms with Crippen LogP contribution in [-0.2, 0) is 10.0 Å². The molecule has 0 fully saturated rings. The fraction of sp³-hybridized carbons (Fsp3) is 0.409. The van der Waals surface area contributed by atoms with Gasteiger partial charge in [0, 0.05) is 30.1 Å². The second kappa shape index (κ2) is 9.41. The number of hydrogen-bond donors (Lipinski definition) is 2. The van der Waals surface area contributed by atoms with Gasteiger partial charge in [-0.15, -0.1) is 0 Å². The van der Waals surface area contributed by atoms with Gasteiger partial charge in [0.2, 0.25) is 10.0 Å². The number of ketones is 1. The lowest BCUT2D eigenvalue weighted by molar-refractivity contribution is 0.101. The summed E-state index contributed by atoms with van der Waals surface area (Å²) in [5.41, 5.74) is 7.22. The highest BCUT2D eigenvalue weighted by Crippen LogP contribution is 2.34. The lowest BCUT2D eigenvalue weighted by atomic mass is 9.94. The molecule has 0 aliphatic rings. The van der Waals surface area contributed by atoms with E-state index in [1.807, 2.05) is 20.8 Å². The first-order valence-electron chi connectivity index (χ1n) is 9.76. The number of sulfonamides is 1. The standard InChI is InChI=1S/C22H30N2O4S/c1-5-17(20-7-6-8-21(23)22(20)26)14-24(13-15(2)3)29(27,28)19-11-9-18(10-12-19)16(4)25/h6-12,15,17,26H,5,13-14,23H2,1-4H3/t17-/m0/s1. The highest BCUT2D eigenvalue weighted by atomic mass is 32.2. The van der Waals surface area contributed by atoms with Crippen LogP contribution in [0.3, 0.4) is 0 Å². The molecule has 7 heteroatoms.